The van der Waals surface area contributed by atoms with Gasteiger partial charge < -0.3 is 125 Å². The summed E-state index contributed by atoms with van der Waals surface area (Å²) in [7, 11) is 12.6. The number of nitrogens with zero attached hydrogens (tertiary/aromatic N) is 11. The van der Waals surface area contributed by atoms with Crippen LogP contribution in [0.1, 0.15) is 104 Å². The van der Waals surface area contributed by atoms with Gasteiger partial charge in [0.2, 0.25) is 23.5 Å². The van der Waals surface area contributed by atoms with Crippen molar-refractivity contribution in [2.45, 2.75) is 19.3 Å². The molecule has 0 aliphatic heterocycles. The Hall–Kier alpha value is -10.6. The van der Waals surface area contributed by atoms with Crippen LogP contribution in [0, 0.1) is 0 Å². The van der Waals surface area contributed by atoms with E-state index in [1.165, 1.54) is 118 Å². The third-order valence-corrected chi connectivity index (χ3v) is 13.2. The van der Waals surface area contributed by atoms with Gasteiger partial charge in [0.1, 0.15) is 28.5 Å². The third-order valence-electron chi connectivity index (χ3n) is 13.2. The summed E-state index contributed by atoms with van der Waals surface area (Å²) < 4.78 is 11.5. The van der Waals surface area contributed by atoms with Crippen LogP contribution in [-0.4, -0.2) is 137 Å². The quantitative estimate of drug-likeness (QED) is 0.0287. The van der Waals surface area contributed by atoms with Crippen LogP contribution in [0.15, 0.2) is 80.0 Å². The Morgan fingerprint density at radius 3 is 1.34 bits per heavy atom. The molecule has 0 aliphatic rings. The Kier molecular flexibility index (Phi) is 25.2. The van der Waals surface area contributed by atoms with Gasteiger partial charge in [0.05, 0.1) is 28.4 Å². The topological polar surface area (TPSA) is 488 Å². The van der Waals surface area contributed by atoms with Crippen molar-refractivity contribution in [2.75, 3.05) is 63.4 Å². The van der Waals surface area contributed by atoms with E-state index in [2.05, 4.69) is 68.1 Å². The Labute approximate surface area is 539 Å². The molecule has 18 N–H and O–H groups in total. The minimum Gasteiger partial charge on any atom is -1.00 e. The first kappa shape index (κ1) is 72.9. The molecule has 0 aromatic carbocycles. The smallest absolute Gasteiger partial charge is 1.00 e. The van der Waals surface area contributed by atoms with E-state index >= 15 is 0 Å². The molecule has 0 bridgehead atoms. The Bertz CT molecular complexity index is 4030. The van der Waals surface area contributed by atoms with Crippen molar-refractivity contribution in [3.05, 3.63) is 126 Å². The van der Waals surface area contributed by atoms with Gasteiger partial charge in [0.15, 0.2) is 17.5 Å². The number of aromatic nitrogens is 11. The molecule has 0 atom stereocenters. The summed E-state index contributed by atoms with van der Waals surface area (Å²) in [4.78, 5) is 142. The zero-order valence-corrected chi connectivity index (χ0v) is 53.6. The number of halogens is 1. The zero-order valence-electron chi connectivity index (χ0n) is 50.6. The Morgan fingerprint density at radius 2 is 0.868 bits per heavy atom. The number of hydrogen-bond donors (Lipinski definition) is 13. The van der Waals surface area contributed by atoms with E-state index in [-0.39, 0.29) is 159 Å². The van der Waals surface area contributed by atoms with E-state index in [0.717, 1.165) is 0 Å². The second kappa shape index (κ2) is 31.5. The fraction of sp³-hybridized carbons (Fsp3) is 0.278. The molecule has 35 nitrogen and oxygen atoms in total. The van der Waals surface area contributed by atoms with Crippen LogP contribution in [0.4, 0.5) is 40.1 Å². The Morgan fingerprint density at radius 1 is 0.440 bits per heavy atom. The maximum absolute atomic E-state index is 13.5. The minimum absolute atomic E-state index is 0. The number of imidazole rings is 3. The molecule has 0 unspecified atom stereocenters. The average Bonchev–Trinajstić information content (AvgIpc) is 1.75. The molecule has 37 heteroatoms. The van der Waals surface area contributed by atoms with Gasteiger partial charge in [0, 0.05) is 151 Å². The number of nitrogens with two attached hydrogens (primary N) is 1. The van der Waals surface area contributed by atoms with Gasteiger partial charge in [-0.05, 0) is 30.7 Å². The number of aryl methyl sites for hydroxylation is 8. The van der Waals surface area contributed by atoms with E-state index in [1.807, 2.05) is 0 Å². The van der Waals surface area contributed by atoms with E-state index in [1.54, 1.807) is 54.7 Å². The molecule has 91 heavy (non-hydrogen) atoms. The van der Waals surface area contributed by atoms with Gasteiger partial charge in [-0.1, -0.05) is 5.75 Å². The molecular formula is C54H69ClN24O11Pt. The largest absolute Gasteiger partial charge is 2.00 e. The third kappa shape index (κ3) is 17.6. The molecule has 8 rings (SSSR count). The fourth-order valence-corrected chi connectivity index (χ4v) is 9.00. The monoisotopic (exact) mass is 1460 g/mol. The average molecular weight is 1460 g/mol. The summed E-state index contributed by atoms with van der Waals surface area (Å²) in [5, 5.41) is 39.9. The first-order chi connectivity index (χ1) is 41.4. The predicted octanol–water partition coefficient (Wildman–Crippen LogP) is -2.16. The molecule has 8 heterocycles. The number of amides is 10. The minimum atomic E-state index is -0.823. The predicted molar refractivity (Wildman–Crippen MR) is 323 cm³/mol. The van der Waals surface area contributed by atoms with E-state index in [0.29, 0.717) is 24.5 Å². The first-order valence-electron chi connectivity index (χ1n) is 26.6. The molecule has 10 amide bonds. The van der Waals surface area contributed by atoms with Gasteiger partial charge in [0.25, 0.3) is 47.3 Å². The molecule has 8 aromatic heterocycles. The Balaban J connectivity index is 0.00000442. The van der Waals surface area contributed by atoms with Crippen molar-refractivity contribution < 1.29 is 86.5 Å². The van der Waals surface area contributed by atoms with Gasteiger partial charge in [-0.25, -0.2) is 15.0 Å². The molecule has 0 aliphatic carbocycles. The molecule has 0 saturated carbocycles. The van der Waals surface area contributed by atoms with Gasteiger partial charge in [-0.3, -0.25) is 47.9 Å². The molecule has 488 valence electrons. The standard InChI is InChI=1S/C54H64N22O11.ClH.2H3N.Pt/c1-69-17-16-57-44(69)52(85)68-39-28-76(8)46(67-39)54(87)64-33-26-74(6)42(43(33)79)51(84)62-31-19-34(71(3)24-31)47(80)58-13-9-10-41(78)65-38-27-75(7)45(66-38)53(86)63-32-21-37(73(5)25-32)50(83)61-30-20-36(72(4)23-30)49(82)60-29-18-35(70(2)22-29)48(81)59-14-11-40(77)56-15-12-55;;;;/h16-28,79H,9-15,55H2,1-8H3,(H,56,77)(H,58,80)(H,59,81)(H,60,82)(H,61,83)(H,62,84)(H,63,86)(H,64,87)(H,65,78)(H,68,85);1H;2*1H3;/q;;;;+2/p-2. The number of anilines is 7. The first-order valence-corrected chi connectivity index (χ1v) is 26.6. The second-order valence-corrected chi connectivity index (χ2v) is 20.0. The summed E-state index contributed by atoms with van der Waals surface area (Å²) >= 11 is 0. The number of rotatable bonds is 24. The van der Waals surface area contributed by atoms with Crippen molar-refractivity contribution in [3.63, 3.8) is 0 Å². The molecule has 0 saturated heterocycles. The van der Waals surface area contributed by atoms with E-state index < -0.39 is 58.9 Å². The summed E-state index contributed by atoms with van der Waals surface area (Å²) in [5.74, 6) is -6.30. The van der Waals surface area contributed by atoms with E-state index in [4.69, 9.17) is 5.73 Å². The molecule has 0 spiro atoms. The van der Waals surface area contributed by atoms with Crippen molar-refractivity contribution in [2.24, 2.45) is 62.1 Å². The number of nitrogens with one attached hydrogen (secondary N) is 10. The van der Waals surface area contributed by atoms with Crippen LogP contribution >= 0.6 is 0 Å². The number of carbonyl (C=O) groups excluding carboxylic acids is 10. The van der Waals surface area contributed by atoms with Crippen LogP contribution in [0.25, 0.3) is 0 Å². The van der Waals surface area contributed by atoms with Gasteiger partial charge in [-0.15, -0.1) is 0 Å². The second-order valence-electron chi connectivity index (χ2n) is 20.0. The van der Waals surface area contributed by atoms with Gasteiger partial charge >= 0.3 is 21.1 Å². The van der Waals surface area contributed by atoms with Crippen LogP contribution < -0.4 is 88.7 Å². The summed E-state index contributed by atoms with van der Waals surface area (Å²) in [6.07, 6.45) is 13.5. The summed E-state index contributed by atoms with van der Waals surface area (Å²) in [6.45, 7) is 0.804. The number of carbonyl (C=O) groups is 10. The molecule has 8 aromatic rings. The zero-order chi connectivity index (χ0) is 63.0. The van der Waals surface area contributed by atoms with E-state index in [9.17, 15) is 53.1 Å². The van der Waals surface area contributed by atoms with Crippen LogP contribution in [-0.2, 0) is 87.0 Å². The normalized spacial score (nSPS) is 10.5. The molecule has 0 fully saturated rings. The SMILES string of the molecule is Cn1cc(NC(=O)c2c([O-])c(NC(=O)c3nc(NC(=O)c4nccn4C)cn3C)cn2C)cc1C(=O)NCCCC(=O)Nc1cn(C)c(C(=O)Nc2cc(C(=O)Nc3cc(C(=O)Nc4cc(C(=O)NCCC(=O)NCCN)n(C)c4)n(C)c3)n(C)c2)n1.N.N.[Cl-].[Pt+2]. The van der Waals surface area contributed by atoms with Crippen molar-refractivity contribution in [1.29, 1.82) is 0 Å². The number of hydrogen-bond acceptors (Lipinski definition) is 17. The van der Waals surface area contributed by atoms with Crippen LogP contribution in [0.3, 0.4) is 0 Å². The maximum atomic E-state index is 13.5. The van der Waals surface area contributed by atoms with Crippen molar-refractivity contribution in [3.8, 4) is 5.75 Å². The van der Waals surface area contributed by atoms with Gasteiger partial charge in [-0.2, -0.15) is 0 Å². The van der Waals surface area contributed by atoms with Crippen LogP contribution in [0.5, 0.6) is 5.75 Å². The van der Waals surface area contributed by atoms with Crippen molar-refractivity contribution >= 4 is 99.1 Å². The summed E-state index contributed by atoms with van der Waals surface area (Å²) in [5.41, 5.74) is 6.66. The fourth-order valence-electron chi connectivity index (χ4n) is 9.00. The maximum Gasteiger partial charge on any atom is 2.00 e. The van der Waals surface area contributed by atoms with Crippen LogP contribution in [0.2, 0.25) is 0 Å². The molecular weight excluding hydrogens is 1390 g/mol. The molecule has 0 radical (unpaired) electrons. The van der Waals surface area contributed by atoms with Crippen molar-refractivity contribution in [1.82, 2.24) is 79.7 Å². The summed E-state index contributed by atoms with van der Waals surface area (Å²) in [6, 6.07) is 5.79.